The van der Waals surface area contributed by atoms with Crippen LogP contribution in [-0.4, -0.2) is 19.6 Å². The van der Waals surface area contributed by atoms with E-state index >= 15 is 0 Å². The first-order chi connectivity index (χ1) is 9.74. The van der Waals surface area contributed by atoms with Crippen molar-refractivity contribution in [2.75, 3.05) is 13.7 Å². The van der Waals surface area contributed by atoms with Crippen molar-refractivity contribution in [3.8, 4) is 16.9 Å². The van der Waals surface area contributed by atoms with Gasteiger partial charge < -0.3 is 10.1 Å². The molecule has 0 heterocycles. The summed E-state index contributed by atoms with van der Waals surface area (Å²) < 4.78 is 5.15. The van der Waals surface area contributed by atoms with Crippen molar-refractivity contribution in [3.63, 3.8) is 0 Å². The molecule has 1 amide bonds. The first-order valence-electron chi connectivity index (χ1n) is 6.77. The van der Waals surface area contributed by atoms with Gasteiger partial charge in [-0.05, 0) is 41.8 Å². The van der Waals surface area contributed by atoms with Gasteiger partial charge in [-0.1, -0.05) is 31.2 Å². The number of carbonyl (C=O) groups is 1. The maximum absolute atomic E-state index is 12.0. The van der Waals surface area contributed by atoms with E-state index < -0.39 is 0 Å². The average Bonchev–Trinajstić information content (AvgIpc) is 2.52. The van der Waals surface area contributed by atoms with Crippen LogP contribution in [0.2, 0.25) is 0 Å². The van der Waals surface area contributed by atoms with Gasteiger partial charge in [0, 0.05) is 12.1 Å². The number of rotatable bonds is 5. The van der Waals surface area contributed by atoms with Crippen LogP contribution < -0.4 is 10.1 Å². The van der Waals surface area contributed by atoms with Crippen LogP contribution in [-0.2, 0) is 0 Å². The van der Waals surface area contributed by atoms with Crippen molar-refractivity contribution in [1.82, 2.24) is 5.32 Å². The molecule has 2 rings (SSSR count). The van der Waals surface area contributed by atoms with Crippen molar-refractivity contribution < 1.29 is 9.53 Å². The molecule has 2 aromatic rings. The number of methoxy groups -OCH3 is 1. The summed E-state index contributed by atoms with van der Waals surface area (Å²) in [6, 6.07) is 15.5. The zero-order valence-electron chi connectivity index (χ0n) is 11.8. The van der Waals surface area contributed by atoms with Crippen LogP contribution in [0.5, 0.6) is 5.75 Å². The minimum atomic E-state index is -0.0257. The number of carbonyl (C=O) groups excluding carboxylic acids is 1. The summed E-state index contributed by atoms with van der Waals surface area (Å²) in [6.45, 7) is 2.74. The van der Waals surface area contributed by atoms with E-state index in [1.165, 1.54) is 0 Å². The molecular weight excluding hydrogens is 250 g/mol. The molecular formula is C17H19NO2. The van der Waals surface area contributed by atoms with Crippen LogP contribution in [0.25, 0.3) is 11.1 Å². The highest BCUT2D eigenvalue weighted by Gasteiger charge is 2.06. The molecule has 0 bridgehead atoms. The molecule has 20 heavy (non-hydrogen) atoms. The van der Waals surface area contributed by atoms with E-state index in [4.69, 9.17) is 4.74 Å². The van der Waals surface area contributed by atoms with E-state index in [0.29, 0.717) is 12.1 Å². The Hall–Kier alpha value is -2.29. The molecule has 0 aliphatic rings. The van der Waals surface area contributed by atoms with Gasteiger partial charge in [-0.2, -0.15) is 0 Å². The molecule has 0 spiro atoms. The highest BCUT2D eigenvalue weighted by atomic mass is 16.5. The predicted octanol–water partition coefficient (Wildman–Crippen LogP) is 3.50. The number of hydrogen-bond donors (Lipinski definition) is 1. The van der Waals surface area contributed by atoms with Gasteiger partial charge in [0.05, 0.1) is 7.11 Å². The summed E-state index contributed by atoms with van der Waals surface area (Å²) in [5.41, 5.74) is 2.78. The molecule has 0 aromatic heterocycles. The summed E-state index contributed by atoms with van der Waals surface area (Å²) in [7, 11) is 1.65. The van der Waals surface area contributed by atoms with E-state index in [9.17, 15) is 4.79 Å². The molecule has 0 fully saturated rings. The molecule has 3 nitrogen and oxygen atoms in total. The third-order valence-electron chi connectivity index (χ3n) is 3.08. The first kappa shape index (κ1) is 14.1. The van der Waals surface area contributed by atoms with Crippen molar-refractivity contribution in [1.29, 1.82) is 0 Å². The molecule has 0 saturated heterocycles. The summed E-state index contributed by atoms with van der Waals surface area (Å²) in [5.74, 6) is 0.799. The number of hydrogen-bond acceptors (Lipinski definition) is 2. The standard InChI is InChI=1S/C17H19NO2/c1-3-11-18-17(19)15-6-4-5-14(12-15)13-7-9-16(20-2)10-8-13/h4-10,12H,3,11H2,1-2H3,(H,18,19). The highest BCUT2D eigenvalue weighted by molar-refractivity contribution is 5.95. The normalized spacial score (nSPS) is 10.1. The molecule has 0 saturated carbocycles. The molecule has 104 valence electrons. The average molecular weight is 269 g/mol. The highest BCUT2D eigenvalue weighted by Crippen LogP contribution is 2.23. The second kappa shape index (κ2) is 6.75. The van der Waals surface area contributed by atoms with Crippen LogP contribution in [0, 0.1) is 0 Å². The fourth-order valence-corrected chi connectivity index (χ4v) is 1.96. The number of benzene rings is 2. The summed E-state index contributed by atoms with van der Waals surface area (Å²) >= 11 is 0. The largest absolute Gasteiger partial charge is 0.497 e. The van der Waals surface area contributed by atoms with Gasteiger partial charge in [0.2, 0.25) is 0 Å². The van der Waals surface area contributed by atoms with Crippen LogP contribution in [0.1, 0.15) is 23.7 Å². The molecule has 0 aliphatic heterocycles. The van der Waals surface area contributed by atoms with Crippen LogP contribution >= 0.6 is 0 Å². The molecule has 1 N–H and O–H groups in total. The molecule has 0 aliphatic carbocycles. The summed E-state index contributed by atoms with van der Waals surface area (Å²) in [6.07, 6.45) is 0.934. The Kier molecular flexibility index (Phi) is 4.77. The fourth-order valence-electron chi connectivity index (χ4n) is 1.96. The van der Waals surface area contributed by atoms with Crippen LogP contribution in [0.4, 0.5) is 0 Å². The maximum Gasteiger partial charge on any atom is 0.251 e. The lowest BCUT2D eigenvalue weighted by Crippen LogP contribution is -2.23. The predicted molar refractivity (Wildman–Crippen MR) is 81.1 cm³/mol. The van der Waals surface area contributed by atoms with Crippen molar-refractivity contribution in [2.45, 2.75) is 13.3 Å². The maximum atomic E-state index is 12.0. The van der Waals surface area contributed by atoms with Crippen molar-refractivity contribution >= 4 is 5.91 Å². The Morgan fingerprint density at radius 2 is 1.85 bits per heavy atom. The second-order valence-electron chi connectivity index (χ2n) is 4.57. The third-order valence-corrected chi connectivity index (χ3v) is 3.08. The van der Waals surface area contributed by atoms with Crippen molar-refractivity contribution in [3.05, 3.63) is 54.1 Å². The molecule has 2 aromatic carbocycles. The van der Waals surface area contributed by atoms with Gasteiger partial charge in [0.15, 0.2) is 0 Å². The Labute approximate surface area is 119 Å². The van der Waals surface area contributed by atoms with Crippen LogP contribution in [0.15, 0.2) is 48.5 Å². The number of ether oxygens (including phenoxy) is 1. The van der Waals surface area contributed by atoms with E-state index in [-0.39, 0.29) is 5.91 Å². The zero-order chi connectivity index (χ0) is 14.4. The minimum Gasteiger partial charge on any atom is -0.497 e. The van der Waals surface area contributed by atoms with Gasteiger partial charge in [0.1, 0.15) is 5.75 Å². The third kappa shape index (κ3) is 3.38. The van der Waals surface area contributed by atoms with E-state index in [1.807, 2.05) is 55.5 Å². The zero-order valence-corrected chi connectivity index (χ0v) is 11.8. The van der Waals surface area contributed by atoms with E-state index in [1.54, 1.807) is 7.11 Å². The SMILES string of the molecule is CCCNC(=O)c1cccc(-c2ccc(OC)cc2)c1. The van der Waals surface area contributed by atoms with Gasteiger partial charge >= 0.3 is 0 Å². The lowest BCUT2D eigenvalue weighted by Gasteiger charge is -2.07. The Balaban J connectivity index is 2.22. The quantitative estimate of drug-likeness (QED) is 0.902. The molecule has 0 atom stereocenters. The van der Waals surface area contributed by atoms with E-state index in [2.05, 4.69) is 5.32 Å². The van der Waals surface area contributed by atoms with Gasteiger partial charge in [0.25, 0.3) is 5.91 Å². The Bertz CT molecular complexity index is 576. The van der Waals surface area contributed by atoms with Crippen LogP contribution in [0.3, 0.4) is 0 Å². The lowest BCUT2D eigenvalue weighted by molar-refractivity contribution is 0.0953. The fraction of sp³-hybridized carbons (Fsp3) is 0.235. The smallest absolute Gasteiger partial charge is 0.251 e. The van der Waals surface area contributed by atoms with E-state index in [0.717, 1.165) is 23.3 Å². The molecule has 0 radical (unpaired) electrons. The summed E-state index contributed by atoms with van der Waals surface area (Å²) in [5, 5.41) is 2.89. The monoisotopic (exact) mass is 269 g/mol. The summed E-state index contributed by atoms with van der Waals surface area (Å²) in [4.78, 5) is 12.0. The van der Waals surface area contributed by atoms with Gasteiger partial charge in [-0.15, -0.1) is 0 Å². The van der Waals surface area contributed by atoms with Gasteiger partial charge in [-0.3, -0.25) is 4.79 Å². The Morgan fingerprint density at radius 1 is 1.10 bits per heavy atom. The Morgan fingerprint density at radius 3 is 2.50 bits per heavy atom. The second-order valence-corrected chi connectivity index (χ2v) is 4.57. The minimum absolute atomic E-state index is 0.0257. The molecule has 0 unspecified atom stereocenters. The first-order valence-corrected chi connectivity index (χ1v) is 6.77. The number of amides is 1. The lowest BCUT2D eigenvalue weighted by atomic mass is 10.0. The topological polar surface area (TPSA) is 38.3 Å². The van der Waals surface area contributed by atoms with Gasteiger partial charge in [-0.25, -0.2) is 0 Å². The number of nitrogens with one attached hydrogen (secondary N) is 1. The van der Waals surface area contributed by atoms with Crippen molar-refractivity contribution in [2.24, 2.45) is 0 Å². The molecule has 3 heteroatoms.